The van der Waals surface area contributed by atoms with Crippen molar-refractivity contribution in [1.29, 1.82) is 0 Å². The number of nitrogens with zero attached hydrogens (tertiary/aromatic N) is 3. The van der Waals surface area contributed by atoms with Crippen molar-refractivity contribution in [2.75, 3.05) is 13.1 Å². The van der Waals surface area contributed by atoms with Crippen molar-refractivity contribution in [2.45, 2.75) is 52.0 Å². The summed E-state index contributed by atoms with van der Waals surface area (Å²) in [5.74, 6) is 1.87. The fraction of sp³-hybridized carbons (Fsp3) is 0.722. The number of piperidine rings is 1. The lowest BCUT2D eigenvalue weighted by molar-refractivity contribution is -0.138. The number of aromatic nitrogens is 2. The highest BCUT2D eigenvalue weighted by Crippen LogP contribution is 2.30. The van der Waals surface area contributed by atoms with E-state index in [-0.39, 0.29) is 11.5 Å². The minimum atomic E-state index is 0.00910. The number of rotatable bonds is 3. The molecule has 3 rings (SSSR count). The van der Waals surface area contributed by atoms with Crippen LogP contribution in [0.15, 0.2) is 23.4 Å². The lowest BCUT2D eigenvalue weighted by atomic mass is 9.82. The molecule has 1 saturated carbocycles. The van der Waals surface area contributed by atoms with Crippen LogP contribution in [0.2, 0.25) is 0 Å². The molecule has 0 unspecified atom stereocenters. The summed E-state index contributed by atoms with van der Waals surface area (Å²) >= 11 is 0. The maximum absolute atomic E-state index is 12.6. The third-order valence-electron chi connectivity index (χ3n) is 5.54. The highest BCUT2D eigenvalue weighted by atomic mass is 16.2. The van der Waals surface area contributed by atoms with E-state index in [4.69, 9.17) is 0 Å². The summed E-state index contributed by atoms with van der Waals surface area (Å²) in [4.78, 5) is 30.5. The van der Waals surface area contributed by atoms with E-state index in [1.165, 1.54) is 25.1 Å². The molecule has 0 spiro atoms. The lowest BCUT2D eigenvalue weighted by Crippen LogP contribution is -2.43. The Morgan fingerprint density at radius 1 is 1.17 bits per heavy atom. The molecular formula is C18H27N3O2. The molecule has 1 aliphatic heterocycles. The van der Waals surface area contributed by atoms with Gasteiger partial charge < -0.3 is 4.90 Å². The largest absolute Gasteiger partial charge is 0.342 e. The molecule has 2 aliphatic rings. The molecule has 1 aliphatic carbocycles. The second-order valence-corrected chi connectivity index (χ2v) is 7.30. The van der Waals surface area contributed by atoms with Crippen molar-refractivity contribution in [3.8, 4) is 0 Å². The van der Waals surface area contributed by atoms with Gasteiger partial charge in [-0.3, -0.25) is 14.2 Å². The number of likely N-dealkylation sites (tertiary alicyclic amines) is 1. The Kier molecular flexibility index (Phi) is 5.13. The quantitative estimate of drug-likeness (QED) is 0.859. The van der Waals surface area contributed by atoms with Crippen molar-refractivity contribution < 1.29 is 4.79 Å². The summed E-state index contributed by atoms with van der Waals surface area (Å²) in [5.41, 5.74) is 0.00910. The third-order valence-corrected chi connectivity index (χ3v) is 5.54. The van der Waals surface area contributed by atoms with Crippen LogP contribution < -0.4 is 5.56 Å². The molecule has 126 valence electrons. The predicted octanol–water partition coefficient (Wildman–Crippen LogP) is 2.31. The third kappa shape index (κ3) is 4.01. The number of hydrogen-bond donors (Lipinski definition) is 0. The summed E-state index contributed by atoms with van der Waals surface area (Å²) in [5, 5.41) is 0. The van der Waals surface area contributed by atoms with Gasteiger partial charge in [0.15, 0.2) is 0 Å². The predicted molar refractivity (Wildman–Crippen MR) is 88.9 cm³/mol. The summed E-state index contributed by atoms with van der Waals surface area (Å²) in [7, 11) is 0. The molecule has 2 heterocycles. The summed E-state index contributed by atoms with van der Waals surface area (Å²) in [6.07, 6.45) is 9.62. The van der Waals surface area contributed by atoms with Gasteiger partial charge in [-0.1, -0.05) is 6.92 Å². The number of hydrogen-bond acceptors (Lipinski definition) is 3. The summed E-state index contributed by atoms with van der Waals surface area (Å²) < 4.78 is 1.69. The second kappa shape index (κ2) is 7.28. The Labute approximate surface area is 137 Å². The van der Waals surface area contributed by atoms with E-state index in [9.17, 15) is 9.59 Å². The van der Waals surface area contributed by atoms with E-state index in [2.05, 4.69) is 16.8 Å². The summed E-state index contributed by atoms with van der Waals surface area (Å²) in [6.45, 7) is 4.68. The maximum atomic E-state index is 12.6. The van der Waals surface area contributed by atoms with Crippen LogP contribution in [-0.4, -0.2) is 33.4 Å². The molecule has 1 saturated heterocycles. The van der Waals surface area contributed by atoms with Crippen LogP contribution in [0.1, 0.15) is 45.4 Å². The van der Waals surface area contributed by atoms with Gasteiger partial charge in [0.2, 0.25) is 5.91 Å². The Morgan fingerprint density at radius 2 is 1.87 bits per heavy atom. The fourth-order valence-electron chi connectivity index (χ4n) is 3.89. The van der Waals surface area contributed by atoms with Gasteiger partial charge in [-0.2, -0.15) is 0 Å². The van der Waals surface area contributed by atoms with E-state index in [1.54, 1.807) is 10.9 Å². The first-order valence-corrected chi connectivity index (χ1v) is 8.92. The van der Waals surface area contributed by atoms with Crippen LogP contribution in [0, 0.1) is 17.8 Å². The minimum absolute atomic E-state index is 0.00910. The molecule has 5 nitrogen and oxygen atoms in total. The number of carbonyl (C=O) groups excluding carboxylic acids is 1. The van der Waals surface area contributed by atoms with Crippen LogP contribution >= 0.6 is 0 Å². The van der Waals surface area contributed by atoms with E-state index in [1.807, 2.05) is 0 Å². The van der Waals surface area contributed by atoms with Crippen molar-refractivity contribution in [3.05, 3.63) is 28.9 Å². The molecular weight excluding hydrogens is 290 g/mol. The van der Waals surface area contributed by atoms with Crippen molar-refractivity contribution in [2.24, 2.45) is 17.8 Å². The Hall–Kier alpha value is -1.65. The van der Waals surface area contributed by atoms with E-state index in [0.29, 0.717) is 11.8 Å². The SMILES string of the molecule is CC1CCC(C(=O)N2CCC(Cn3cnccc3=O)CC2)CC1. The first-order chi connectivity index (χ1) is 11.1. The molecule has 0 N–H and O–H groups in total. The fourth-order valence-corrected chi connectivity index (χ4v) is 3.89. The van der Waals surface area contributed by atoms with Crippen molar-refractivity contribution in [3.63, 3.8) is 0 Å². The average Bonchev–Trinajstić information content (AvgIpc) is 2.58. The highest BCUT2D eigenvalue weighted by Gasteiger charge is 2.30. The Bertz CT molecular complexity index is 582. The van der Waals surface area contributed by atoms with Gasteiger partial charge in [0, 0.05) is 37.8 Å². The van der Waals surface area contributed by atoms with Crippen LogP contribution in [0.4, 0.5) is 0 Å². The molecule has 0 atom stereocenters. The van der Waals surface area contributed by atoms with Crippen molar-refractivity contribution >= 4 is 5.91 Å². The molecule has 0 bridgehead atoms. The van der Waals surface area contributed by atoms with Gasteiger partial charge >= 0.3 is 0 Å². The zero-order valence-corrected chi connectivity index (χ0v) is 14.0. The van der Waals surface area contributed by atoms with Crippen LogP contribution in [0.25, 0.3) is 0 Å². The van der Waals surface area contributed by atoms with E-state index < -0.39 is 0 Å². The molecule has 0 aromatic carbocycles. The molecule has 5 heteroatoms. The number of amides is 1. The van der Waals surface area contributed by atoms with Gasteiger partial charge in [0.25, 0.3) is 5.56 Å². The molecule has 0 radical (unpaired) electrons. The monoisotopic (exact) mass is 317 g/mol. The van der Waals surface area contributed by atoms with Crippen LogP contribution in [0.3, 0.4) is 0 Å². The molecule has 1 amide bonds. The van der Waals surface area contributed by atoms with Crippen LogP contribution in [-0.2, 0) is 11.3 Å². The number of carbonyl (C=O) groups is 1. The van der Waals surface area contributed by atoms with Crippen molar-refractivity contribution in [1.82, 2.24) is 14.5 Å². The summed E-state index contributed by atoms with van der Waals surface area (Å²) in [6, 6.07) is 1.50. The van der Waals surface area contributed by atoms with Gasteiger partial charge in [-0.15, -0.1) is 0 Å². The average molecular weight is 317 g/mol. The second-order valence-electron chi connectivity index (χ2n) is 7.30. The molecule has 1 aromatic heterocycles. The Morgan fingerprint density at radius 3 is 2.52 bits per heavy atom. The standard InChI is InChI=1S/C18H27N3O2/c1-14-2-4-16(5-3-14)18(23)20-10-7-15(8-11-20)12-21-13-19-9-6-17(21)22/h6,9,13-16H,2-5,7-8,10-12H2,1H3. The molecule has 2 fully saturated rings. The van der Waals surface area contributed by atoms with Gasteiger partial charge in [0.05, 0.1) is 6.33 Å². The van der Waals surface area contributed by atoms with E-state index >= 15 is 0 Å². The normalized spacial score (nSPS) is 26.2. The van der Waals surface area contributed by atoms with Crippen LogP contribution in [0.5, 0.6) is 0 Å². The molecule has 1 aromatic rings. The first kappa shape index (κ1) is 16.2. The first-order valence-electron chi connectivity index (χ1n) is 8.92. The minimum Gasteiger partial charge on any atom is -0.342 e. The molecule has 23 heavy (non-hydrogen) atoms. The van der Waals surface area contributed by atoms with Gasteiger partial charge in [-0.25, -0.2) is 4.98 Å². The van der Waals surface area contributed by atoms with Gasteiger partial charge in [-0.05, 0) is 50.4 Å². The smallest absolute Gasteiger partial charge is 0.253 e. The highest BCUT2D eigenvalue weighted by molar-refractivity contribution is 5.79. The van der Waals surface area contributed by atoms with Gasteiger partial charge in [0.1, 0.15) is 0 Å². The Balaban J connectivity index is 1.49. The zero-order valence-electron chi connectivity index (χ0n) is 14.0. The topological polar surface area (TPSA) is 55.2 Å². The zero-order chi connectivity index (χ0) is 16.2. The van der Waals surface area contributed by atoms with E-state index in [0.717, 1.165) is 51.2 Å². The lowest BCUT2D eigenvalue weighted by Gasteiger charge is -2.36. The maximum Gasteiger partial charge on any atom is 0.253 e.